The Bertz CT molecular complexity index is 116. The molecular formula is C11H22. The van der Waals surface area contributed by atoms with Gasteiger partial charge in [0.25, 0.3) is 0 Å². The molecule has 0 nitrogen and oxygen atoms in total. The molecule has 1 atom stereocenters. The van der Waals surface area contributed by atoms with Gasteiger partial charge in [-0.15, -0.1) is 0 Å². The van der Waals surface area contributed by atoms with E-state index < -0.39 is 0 Å². The summed E-state index contributed by atoms with van der Waals surface area (Å²) in [4.78, 5) is 0. The van der Waals surface area contributed by atoms with Crippen molar-refractivity contribution in [1.82, 2.24) is 0 Å². The van der Waals surface area contributed by atoms with Gasteiger partial charge in [0, 0.05) is 0 Å². The van der Waals surface area contributed by atoms with E-state index in [9.17, 15) is 0 Å². The third kappa shape index (κ3) is 6.15. The first-order valence-electron chi connectivity index (χ1n) is 4.67. The van der Waals surface area contributed by atoms with Gasteiger partial charge in [0.05, 0.1) is 0 Å². The third-order valence-electron chi connectivity index (χ3n) is 2.31. The summed E-state index contributed by atoms with van der Waals surface area (Å²) in [6, 6.07) is 0. The topological polar surface area (TPSA) is 0 Å². The SMILES string of the molecule is CC(C)=CCC[C@@H](C)C(C)C. The Morgan fingerprint density at radius 2 is 1.73 bits per heavy atom. The van der Waals surface area contributed by atoms with Crippen LogP contribution in [0.2, 0.25) is 0 Å². The molecule has 0 aromatic carbocycles. The van der Waals surface area contributed by atoms with Crippen molar-refractivity contribution < 1.29 is 0 Å². The minimum Gasteiger partial charge on any atom is -0.0859 e. The van der Waals surface area contributed by atoms with Crippen molar-refractivity contribution in [2.45, 2.75) is 47.5 Å². The number of hydrogen-bond acceptors (Lipinski definition) is 0. The first-order valence-corrected chi connectivity index (χ1v) is 4.67. The Kier molecular flexibility index (Phi) is 5.27. The quantitative estimate of drug-likeness (QED) is 0.536. The van der Waals surface area contributed by atoms with Crippen LogP contribution in [0.25, 0.3) is 0 Å². The summed E-state index contributed by atoms with van der Waals surface area (Å²) >= 11 is 0. The van der Waals surface area contributed by atoms with Crippen molar-refractivity contribution in [2.24, 2.45) is 11.8 Å². The molecule has 0 heterocycles. The van der Waals surface area contributed by atoms with Gasteiger partial charge < -0.3 is 0 Å². The molecule has 0 rings (SSSR count). The van der Waals surface area contributed by atoms with Crippen molar-refractivity contribution in [3.05, 3.63) is 11.6 Å². The van der Waals surface area contributed by atoms with Crippen LogP contribution in [0, 0.1) is 11.8 Å². The van der Waals surface area contributed by atoms with Crippen LogP contribution in [0.3, 0.4) is 0 Å². The van der Waals surface area contributed by atoms with E-state index in [1.165, 1.54) is 18.4 Å². The third-order valence-corrected chi connectivity index (χ3v) is 2.31. The zero-order chi connectivity index (χ0) is 8.85. The predicted octanol–water partition coefficient (Wildman–Crippen LogP) is 4.02. The number of rotatable bonds is 4. The van der Waals surface area contributed by atoms with E-state index in [-0.39, 0.29) is 0 Å². The van der Waals surface area contributed by atoms with Gasteiger partial charge in [0.2, 0.25) is 0 Å². The summed E-state index contributed by atoms with van der Waals surface area (Å²) in [6.45, 7) is 11.3. The molecule has 0 aromatic heterocycles. The van der Waals surface area contributed by atoms with Gasteiger partial charge in [-0.25, -0.2) is 0 Å². The molecular weight excluding hydrogens is 132 g/mol. The molecule has 0 heteroatoms. The van der Waals surface area contributed by atoms with E-state index in [2.05, 4.69) is 40.7 Å². The second-order valence-corrected chi connectivity index (χ2v) is 4.08. The van der Waals surface area contributed by atoms with Crippen LogP contribution in [0.5, 0.6) is 0 Å². The highest BCUT2D eigenvalue weighted by atomic mass is 14.1. The second kappa shape index (κ2) is 5.40. The average molecular weight is 154 g/mol. The molecule has 0 aliphatic rings. The number of hydrogen-bond donors (Lipinski definition) is 0. The van der Waals surface area contributed by atoms with Crippen molar-refractivity contribution in [3.63, 3.8) is 0 Å². The van der Waals surface area contributed by atoms with Crippen LogP contribution < -0.4 is 0 Å². The molecule has 0 saturated carbocycles. The highest BCUT2D eigenvalue weighted by Crippen LogP contribution is 2.16. The molecule has 0 aliphatic heterocycles. The summed E-state index contributed by atoms with van der Waals surface area (Å²) in [5.74, 6) is 1.70. The molecule has 66 valence electrons. The van der Waals surface area contributed by atoms with E-state index >= 15 is 0 Å². The molecule has 0 N–H and O–H groups in total. The van der Waals surface area contributed by atoms with Crippen molar-refractivity contribution in [1.29, 1.82) is 0 Å². The fourth-order valence-electron chi connectivity index (χ4n) is 0.968. The Hall–Kier alpha value is -0.260. The molecule has 0 radical (unpaired) electrons. The summed E-state index contributed by atoms with van der Waals surface area (Å²) in [5, 5.41) is 0. The van der Waals surface area contributed by atoms with Crippen LogP contribution in [-0.2, 0) is 0 Å². The molecule has 11 heavy (non-hydrogen) atoms. The summed E-state index contributed by atoms with van der Waals surface area (Å²) in [5.41, 5.74) is 1.45. The van der Waals surface area contributed by atoms with E-state index in [0.29, 0.717) is 0 Å². The zero-order valence-corrected chi connectivity index (χ0v) is 8.65. The summed E-state index contributed by atoms with van der Waals surface area (Å²) in [6.07, 6.45) is 4.92. The van der Waals surface area contributed by atoms with Gasteiger partial charge in [0.1, 0.15) is 0 Å². The summed E-state index contributed by atoms with van der Waals surface area (Å²) < 4.78 is 0. The molecule has 0 bridgehead atoms. The maximum absolute atomic E-state index is 2.34. The molecule has 0 unspecified atom stereocenters. The largest absolute Gasteiger partial charge is 0.0859 e. The van der Waals surface area contributed by atoms with E-state index in [0.717, 1.165) is 11.8 Å². The van der Waals surface area contributed by atoms with Crippen molar-refractivity contribution in [2.75, 3.05) is 0 Å². The lowest BCUT2D eigenvalue weighted by Crippen LogP contribution is -2.02. The fraction of sp³-hybridized carbons (Fsp3) is 0.818. The minimum absolute atomic E-state index is 0.834. The lowest BCUT2D eigenvalue weighted by Gasteiger charge is -2.13. The molecule has 0 fully saturated rings. The maximum Gasteiger partial charge on any atom is -0.0346 e. The van der Waals surface area contributed by atoms with Crippen molar-refractivity contribution in [3.8, 4) is 0 Å². The molecule has 0 aromatic rings. The minimum atomic E-state index is 0.834. The zero-order valence-electron chi connectivity index (χ0n) is 8.65. The van der Waals surface area contributed by atoms with Gasteiger partial charge in [-0.2, -0.15) is 0 Å². The van der Waals surface area contributed by atoms with Gasteiger partial charge >= 0.3 is 0 Å². The van der Waals surface area contributed by atoms with E-state index in [1.54, 1.807) is 0 Å². The van der Waals surface area contributed by atoms with Gasteiger partial charge in [-0.1, -0.05) is 32.4 Å². The van der Waals surface area contributed by atoms with Crippen LogP contribution in [0.4, 0.5) is 0 Å². The first-order chi connectivity index (χ1) is 5.04. The van der Waals surface area contributed by atoms with E-state index in [4.69, 9.17) is 0 Å². The summed E-state index contributed by atoms with van der Waals surface area (Å²) in [7, 11) is 0. The second-order valence-electron chi connectivity index (χ2n) is 4.08. The smallest absolute Gasteiger partial charge is 0.0346 e. The van der Waals surface area contributed by atoms with Crippen molar-refractivity contribution >= 4 is 0 Å². The highest BCUT2D eigenvalue weighted by Gasteiger charge is 2.04. The Morgan fingerprint density at radius 3 is 2.09 bits per heavy atom. The molecule has 0 aliphatic carbocycles. The molecule has 0 amide bonds. The first kappa shape index (κ1) is 10.7. The maximum atomic E-state index is 2.34. The average Bonchev–Trinajstić information content (AvgIpc) is 1.86. The monoisotopic (exact) mass is 154 g/mol. The Balaban J connectivity index is 3.47. The van der Waals surface area contributed by atoms with Crippen LogP contribution in [0.15, 0.2) is 11.6 Å². The van der Waals surface area contributed by atoms with Crippen LogP contribution in [-0.4, -0.2) is 0 Å². The molecule has 0 spiro atoms. The fourth-order valence-corrected chi connectivity index (χ4v) is 0.968. The standard InChI is InChI=1S/C11H22/c1-9(2)7-6-8-11(5)10(3)4/h7,10-11H,6,8H2,1-5H3/t11-/m1/s1. The van der Waals surface area contributed by atoms with Gasteiger partial charge in [-0.05, 0) is 38.5 Å². The lowest BCUT2D eigenvalue weighted by atomic mass is 9.93. The Morgan fingerprint density at radius 1 is 1.18 bits per heavy atom. The van der Waals surface area contributed by atoms with Crippen LogP contribution in [0.1, 0.15) is 47.5 Å². The van der Waals surface area contributed by atoms with Crippen LogP contribution >= 0.6 is 0 Å². The van der Waals surface area contributed by atoms with Gasteiger partial charge in [-0.3, -0.25) is 0 Å². The highest BCUT2D eigenvalue weighted by molar-refractivity contribution is 4.92. The lowest BCUT2D eigenvalue weighted by molar-refractivity contribution is 0.395. The Labute approximate surface area is 71.7 Å². The molecule has 0 saturated heterocycles. The number of allylic oxidation sites excluding steroid dienone is 2. The predicted molar refractivity (Wildman–Crippen MR) is 52.7 cm³/mol. The van der Waals surface area contributed by atoms with Gasteiger partial charge in [0.15, 0.2) is 0 Å². The van der Waals surface area contributed by atoms with E-state index in [1.807, 2.05) is 0 Å². The normalized spacial score (nSPS) is 13.3.